The number of carbonyl (C=O) groups excluding carboxylic acids is 1. The number of halogens is 1. The van der Waals surface area contributed by atoms with Crippen molar-refractivity contribution in [2.75, 3.05) is 62.7 Å². The zero-order valence-corrected chi connectivity index (χ0v) is 35.5. The first-order chi connectivity index (χ1) is 29.3. The maximum atomic E-state index is 13.9. The number of sulfonamides is 1. The van der Waals surface area contributed by atoms with E-state index in [0.29, 0.717) is 61.6 Å². The van der Waals surface area contributed by atoms with Crippen LogP contribution in [0.2, 0.25) is 5.02 Å². The van der Waals surface area contributed by atoms with E-state index in [4.69, 9.17) is 21.1 Å². The third-order valence-electron chi connectivity index (χ3n) is 12.2. The lowest BCUT2D eigenvalue weighted by Gasteiger charge is -2.44. The fraction of sp³-hybridized carbons (Fsp3) is 0.409. The number of aromatic amines is 1. The van der Waals surface area contributed by atoms with E-state index < -0.39 is 37.0 Å². The van der Waals surface area contributed by atoms with Crippen LogP contribution in [-0.4, -0.2) is 97.3 Å². The summed E-state index contributed by atoms with van der Waals surface area (Å²) >= 11 is 6.20. The van der Waals surface area contributed by atoms with Gasteiger partial charge in [-0.15, -0.1) is 0 Å². The molecule has 1 amide bonds. The second-order valence-electron chi connectivity index (χ2n) is 16.6. The first kappa shape index (κ1) is 42.4. The molecule has 0 bridgehead atoms. The summed E-state index contributed by atoms with van der Waals surface area (Å²) in [7, 11) is -4.56. The van der Waals surface area contributed by atoms with Gasteiger partial charge in [0.2, 0.25) is 0 Å². The Labute approximate surface area is 359 Å². The Morgan fingerprint density at radius 3 is 2.57 bits per heavy atom. The standard InChI is InChI=1S/C44H50ClN7O8S/c1-44(54)14-10-37(30-2-4-33(45)5-3-30)32(25-44)28-50-16-18-51(19-17-50)34-6-8-38(41(23-34)60-35-22-31-11-15-46-42(31)48-27-35)43(53)49-61(57,58)36-7-9-39(40(24-36)52(55)56)47-26-29-12-20-59-21-13-29/h2-9,11,15,22-24,27,29,32,37,47,54H,10,12-14,16-21,25-26,28H2,1H3,(H,46,48)(H,49,53)/t32-,37-,44?/m0/s1. The van der Waals surface area contributed by atoms with Crippen molar-refractivity contribution in [1.82, 2.24) is 19.6 Å². The monoisotopic (exact) mass is 871 g/mol. The van der Waals surface area contributed by atoms with Crippen LogP contribution in [0, 0.1) is 22.0 Å². The smallest absolute Gasteiger partial charge is 0.293 e. The van der Waals surface area contributed by atoms with E-state index in [-0.39, 0.29) is 28.8 Å². The van der Waals surface area contributed by atoms with Gasteiger partial charge in [-0.25, -0.2) is 18.1 Å². The molecule has 322 valence electrons. The highest BCUT2D eigenvalue weighted by Crippen LogP contribution is 2.43. The van der Waals surface area contributed by atoms with E-state index in [1.807, 2.05) is 25.1 Å². The topological polar surface area (TPSA) is 192 Å². The molecule has 1 unspecified atom stereocenters. The highest BCUT2D eigenvalue weighted by Gasteiger charge is 2.38. The third-order valence-corrected chi connectivity index (χ3v) is 13.8. The second kappa shape index (κ2) is 18.0. The fourth-order valence-corrected chi connectivity index (χ4v) is 9.99. The number of amides is 1. The molecule has 4 heterocycles. The number of hydrogen-bond donors (Lipinski definition) is 4. The van der Waals surface area contributed by atoms with Crippen LogP contribution in [0.1, 0.15) is 60.9 Å². The van der Waals surface area contributed by atoms with Crippen molar-refractivity contribution in [2.24, 2.45) is 11.8 Å². The van der Waals surface area contributed by atoms with Crippen LogP contribution in [0.4, 0.5) is 17.1 Å². The Hall–Kier alpha value is -5.26. The average Bonchev–Trinajstić information content (AvgIpc) is 3.72. The number of nitro groups is 1. The molecule has 3 aromatic carbocycles. The van der Waals surface area contributed by atoms with Gasteiger partial charge in [-0.05, 0) is 111 Å². The molecule has 0 radical (unpaired) electrons. The van der Waals surface area contributed by atoms with Gasteiger partial charge in [0.1, 0.15) is 22.8 Å². The number of benzene rings is 3. The Morgan fingerprint density at radius 2 is 1.82 bits per heavy atom. The summed E-state index contributed by atoms with van der Waals surface area (Å²) in [5.41, 5.74) is 1.67. The van der Waals surface area contributed by atoms with E-state index in [1.165, 1.54) is 30.0 Å². The molecule has 3 aliphatic rings. The summed E-state index contributed by atoms with van der Waals surface area (Å²) in [4.78, 5) is 37.0. The highest BCUT2D eigenvalue weighted by molar-refractivity contribution is 7.90. The number of fused-ring (bicyclic) bond motifs is 1. The Morgan fingerprint density at radius 1 is 1.05 bits per heavy atom. The van der Waals surface area contributed by atoms with Crippen LogP contribution in [0.15, 0.2) is 90.1 Å². The molecule has 2 aromatic heterocycles. The predicted octanol–water partition coefficient (Wildman–Crippen LogP) is 7.33. The van der Waals surface area contributed by atoms with E-state index in [9.17, 15) is 28.4 Å². The van der Waals surface area contributed by atoms with Crippen LogP contribution >= 0.6 is 11.6 Å². The van der Waals surface area contributed by atoms with Gasteiger partial charge in [0.15, 0.2) is 0 Å². The minimum atomic E-state index is -4.56. The van der Waals surface area contributed by atoms with E-state index in [1.54, 1.807) is 24.4 Å². The van der Waals surface area contributed by atoms with Crippen molar-refractivity contribution in [3.8, 4) is 11.5 Å². The number of H-pyrrole nitrogens is 1. The summed E-state index contributed by atoms with van der Waals surface area (Å²) < 4.78 is 41.1. The molecule has 2 aliphatic heterocycles. The summed E-state index contributed by atoms with van der Waals surface area (Å²) in [6, 6.07) is 20.2. The Bertz CT molecular complexity index is 2490. The number of hydrogen-bond acceptors (Lipinski definition) is 12. The summed E-state index contributed by atoms with van der Waals surface area (Å²) in [5, 5.41) is 27.7. The number of nitrogens with zero attached hydrogens (tertiary/aromatic N) is 4. The minimum absolute atomic E-state index is 0.0537. The lowest BCUT2D eigenvalue weighted by molar-refractivity contribution is -0.384. The molecule has 8 rings (SSSR count). The van der Waals surface area contributed by atoms with Crippen molar-refractivity contribution in [3.63, 3.8) is 0 Å². The molecule has 3 atom stereocenters. The van der Waals surface area contributed by atoms with Crippen LogP contribution in [-0.2, 0) is 14.8 Å². The van der Waals surface area contributed by atoms with E-state index in [2.05, 4.69) is 41.9 Å². The quantitative estimate of drug-likeness (QED) is 0.0682. The number of anilines is 2. The van der Waals surface area contributed by atoms with Crippen molar-refractivity contribution in [3.05, 3.63) is 111 Å². The third kappa shape index (κ3) is 10.1. The number of rotatable bonds is 13. The highest BCUT2D eigenvalue weighted by atomic mass is 35.5. The molecular formula is C44H50ClN7O8S. The molecule has 1 aliphatic carbocycles. The number of piperazine rings is 1. The first-order valence-electron chi connectivity index (χ1n) is 20.7. The van der Waals surface area contributed by atoms with E-state index in [0.717, 1.165) is 62.5 Å². The number of ether oxygens (including phenoxy) is 2. The molecule has 2 saturated heterocycles. The van der Waals surface area contributed by atoms with Gasteiger partial charge in [-0.1, -0.05) is 23.7 Å². The maximum absolute atomic E-state index is 13.9. The maximum Gasteiger partial charge on any atom is 0.293 e. The van der Waals surface area contributed by atoms with Gasteiger partial charge in [-0.3, -0.25) is 19.8 Å². The van der Waals surface area contributed by atoms with Gasteiger partial charge < -0.3 is 29.8 Å². The minimum Gasteiger partial charge on any atom is -0.455 e. The average molecular weight is 872 g/mol. The zero-order valence-electron chi connectivity index (χ0n) is 33.9. The van der Waals surface area contributed by atoms with Crippen molar-refractivity contribution >= 4 is 55.6 Å². The van der Waals surface area contributed by atoms with Gasteiger partial charge in [0.05, 0.1) is 27.2 Å². The summed E-state index contributed by atoms with van der Waals surface area (Å²) in [6.45, 7) is 7.40. The predicted molar refractivity (Wildman–Crippen MR) is 233 cm³/mol. The van der Waals surface area contributed by atoms with Crippen LogP contribution in [0.25, 0.3) is 11.0 Å². The number of pyridine rings is 1. The normalized spacial score (nSPS) is 21.6. The number of aromatic nitrogens is 2. The van der Waals surface area contributed by atoms with Gasteiger partial charge in [-0.2, -0.15) is 0 Å². The second-order valence-corrected chi connectivity index (χ2v) is 18.7. The largest absolute Gasteiger partial charge is 0.455 e. The molecule has 3 fully saturated rings. The van der Waals surface area contributed by atoms with Crippen LogP contribution < -0.4 is 19.7 Å². The molecule has 4 N–H and O–H groups in total. The molecule has 5 aromatic rings. The molecule has 0 spiro atoms. The number of nitrogens with one attached hydrogen (secondary N) is 3. The van der Waals surface area contributed by atoms with Gasteiger partial charge in [0, 0.05) is 86.9 Å². The summed E-state index contributed by atoms with van der Waals surface area (Å²) in [6.07, 6.45) is 7.25. The fourth-order valence-electron chi connectivity index (χ4n) is 8.87. The SMILES string of the molecule is CC1(O)CC[C@@H](c2ccc(Cl)cc2)[C@H](CN2CCN(c3ccc(C(=O)NS(=O)(=O)c4ccc(NCC5CCOCC5)c([N+](=O)[O-])c4)c(Oc4cnc5[nH]ccc5c4)c3)CC2)C1. The lowest BCUT2D eigenvalue weighted by Crippen LogP contribution is -2.49. The molecular weight excluding hydrogens is 822 g/mol. The molecule has 15 nitrogen and oxygen atoms in total. The summed E-state index contributed by atoms with van der Waals surface area (Å²) in [5.74, 6) is 0.327. The zero-order chi connectivity index (χ0) is 42.7. The lowest BCUT2D eigenvalue weighted by atomic mass is 9.69. The number of carbonyl (C=O) groups is 1. The van der Waals surface area contributed by atoms with Crippen molar-refractivity contribution in [2.45, 2.75) is 55.4 Å². The van der Waals surface area contributed by atoms with Gasteiger partial charge >= 0.3 is 0 Å². The Balaban J connectivity index is 0.991. The number of aliphatic hydroxyl groups is 1. The molecule has 1 saturated carbocycles. The van der Waals surface area contributed by atoms with Crippen molar-refractivity contribution in [1.29, 1.82) is 0 Å². The van der Waals surface area contributed by atoms with Crippen molar-refractivity contribution < 1.29 is 32.7 Å². The van der Waals surface area contributed by atoms with Crippen LogP contribution in [0.3, 0.4) is 0 Å². The Kier molecular flexibility index (Phi) is 12.5. The first-order valence-corrected chi connectivity index (χ1v) is 22.5. The van der Waals surface area contributed by atoms with Gasteiger partial charge in [0.25, 0.3) is 21.6 Å². The molecule has 17 heteroatoms. The molecule has 61 heavy (non-hydrogen) atoms. The van der Waals surface area contributed by atoms with Crippen LogP contribution in [0.5, 0.6) is 11.5 Å². The van der Waals surface area contributed by atoms with E-state index >= 15 is 0 Å². The number of nitro benzene ring substituents is 1.